The molecule has 0 amide bonds. The Labute approximate surface area is 102 Å². The Morgan fingerprint density at radius 3 is 3.06 bits per heavy atom. The van der Waals surface area contributed by atoms with Crippen LogP contribution in [0.3, 0.4) is 0 Å². The number of hydrogen-bond donors (Lipinski definition) is 1. The molecule has 1 aromatic rings. The molecule has 3 heteroatoms. The van der Waals surface area contributed by atoms with Crippen LogP contribution in [-0.4, -0.2) is 22.5 Å². The van der Waals surface area contributed by atoms with Crippen LogP contribution in [0.25, 0.3) is 0 Å². The zero-order valence-electron chi connectivity index (χ0n) is 10.1. The van der Waals surface area contributed by atoms with Gasteiger partial charge in [0.15, 0.2) is 0 Å². The summed E-state index contributed by atoms with van der Waals surface area (Å²) in [5, 5.41) is 3.61. The number of hydrogen-bond acceptors (Lipinski definition) is 3. The van der Waals surface area contributed by atoms with E-state index in [2.05, 4.69) is 42.0 Å². The summed E-state index contributed by atoms with van der Waals surface area (Å²) in [5.74, 6) is 2.52. The Bertz CT molecular complexity index is 324. The van der Waals surface area contributed by atoms with Crippen LogP contribution in [0.5, 0.6) is 0 Å². The van der Waals surface area contributed by atoms with Crippen molar-refractivity contribution in [3.63, 3.8) is 0 Å². The second kappa shape index (κ2) is 5.19. The summed E-state index contributed by atoms with van der Waals surface area (Å²) in [7, 11) is 0. The molecule has 2 rings (SSSR count). The third-order valence-corrected chi connectivity index (χ3v) is 4.53. The van der Waals surface area contributed by atoms with E-state index < -0.39 is 0 Å². The first-order valence-electron chi connectivity index (χ1n) is 5.87. The molecule has 1 aliphatic heterocycles. The fourth-order valence-corrected chi connectivity index (χ4v) is 3.45. The molecule has 0 spiro atoms. The highest BCUT2D eigenvalue weighted by Crippen LogP contribution is 2.33. The molecule has 1 unspecified atom stereocenters. The topological polar surface area (TPSA) is 24.9 Å². The van der Waals surface area contributed by atoms with E-state index in [0.717, 1.165) is 12.2 Å². The number of aromatic nitrogens is 1. The van der Waals surface area contributed by atoms with Gasteiger partial charge in [-0.25, -0.2) is 0 Å². The Kier molecular flexibility index (Phi) is 3.87. The molecule has 1 fully saturated rings. The summed E-state index contributed by atoms with van der Waals surface area (Å²) in [6.45, 7) is 5.60. The lowest BCUT2D eigenvalue weighted by Gasteiger charge is -2.35. The highest BCUT2D eigenvalue weighted by atomic mass is 32.2. The van der Waals surface area contributed by atoms with Crippen LogP contribution in [0.15, 0.2) is 24.4 Å². The molecule has 0 radical (unpaired) electrons. The van der Waals surface area contributed by atoms with Crippen LogP contribution in [-0.2, 0) is 6.54 Å². The molecule has 1 aromatic heterocycles. The Hall–Kier alpha value is -0.540. The van der Waals surface area contributed by atoms with Crippen molar-refractivity contribution in [2.24, 2.45) is 5.41 Å². The first-order valence-corrected chi connectivity index (χ1v) is 7.02. The van der Waals surface area contributed by atoms with Gasteiger partial charge in [0.25, 0.3) is 0 Å². The zero-order valence-corrected chi connectivity index (χ0v) is 10.9. The van der Waals surface area contributed by atoms with E-state index >= 15 is 0 Å². The van der Waals surface area contributed by atoms with Crippen molar-refractivity contribution in [2.45, 2.75) is 32.9 Å². The molecule has 0 bridgehead atoms. The van der Waals surface area contributed by atoms with Gasteiger partial charge in [0.2, 0.25) is 0 Å². The Morgan fingerprint density at radius 2 is 2.38 bits per heavy atom. The van der Waals surface area contributed by atoms with E-state index in [4.69, 9.17) is 0 Å². The quantitative estimate of drug-likeness (QED) is 0.873. The lowest BCUT2D eigenvalue weighted by molar-refractivity contribution is 0.317. The van der Waals surface area contributed by atoms with Crippen molar-refractivity contribution in [3.8, 4) is 0 Å². The fourth-order valence-electron chi connectivity index (χ4n) is 2.15. The standard InChI is InChI=1S/C13H20N2S/c1-13(2)7-12(9-16-10-13)15-8-11-5-3-4-6-14-11/h3-6,12,15H,7-10H2,1-2H3. The van der Waals surface area contributed by atoms with Gasteiger partial charge >= 0.3 is 0 Å². The van der Waals surface area contributed by atoms with Gasteiger partial charge < -0.3 is 5.32 Å². The van der Waals surface area contributed by atoms with E-state index in [9.17, 15) is 0 Å². The molecule has 0 aromatic carbocycles. The van der Waals surface area contributed by atoms with Crippen LogP contribution in [0.1, 0.15) is 26.0 Å². The lowest BCUT2D eigenvalue weighted by atomic mass is 9.88. The van der Waals surface area contributed by atoms with E-state index in [-0.39, 0.29) is 0 Å². The Balaban J connectivity index is 1.82. The third kappa shape index (κ3) is 3.49. The number of rotatable bonds is 3. The molecule has 2 nitrogen and oxygen atoms in total. The van der Waals surface area contributed by atoms with Crippen LogP contribution >= 0.6 is 11.8 Å². The number of nitrogens with one attached hydrogen (secondary N) is 1. The van der Waals surface area contributed by atoms with Gasteiger partial charge in [-0.3, -0.25) is 4.98 Å². The van der Waals surface area contributed by atoms with Gasteiger partial charge in [0.1, 0.15) is 0 Å². The normalized spacial score (nSPS) is 24.2. The van der Waals surface area contributed by atoms with Gasteiger partial charge in [-0.05, 0) is 29.7 Å². The van der Waals surface area contributed by atoms with Crippen LogP contribution in [0.4, 0.5) is 0 Å². The maximum Gasteiger partial charge on any atom is 0.0541 e. The second-order valence-electron chi connectivity index (χ2n) is 5.28. The molecule has 16 heavy (non-hydrogen) atoms. The highest BCUT2D eigenvalue weighted by molar-refractivity contribution is 7.99. The number of thioether (sulfide) groups is 1. The van der Waals surface area contributed by atoms with E-state index in [1.54, 1.807) is 0 Å². The summed E-state index contributed by atoms with van der Waals surface area (Å²) >= 11 is 2.06. The van der Waals surface area contributed by atoms with Gasteiger partial charge in [0, 0.05) is 24.5 Å². The van der Waals surface area contributed by atoms with Crippen LogP contribution in [0.2, 0.25) is 0 Å². The first kappa shape index (κ1) is 11.9. The average molecular weight is 236 g/mol. The highest BCUT2D eigenvalue weighted by Gasteiger charge is 2.27. The molecule has 1 atom stereocenters. The molecule has 88 valence electrons. The second-order valence-corrected chi connectivity index (χ2v) is 6.31. The molecular weight excluding hydrogens is 216 g/mol. The third-order valence-electron chi connectivity index (χ3n) is 2.91. The van der Waals surface area contributed by atoms with Gasteiger partial charge in [-0.15, -0.1) is 0 Å². The van der Waals surface area contributed by atoms with Crippen molar-refractivity contribution in [1.82, 2.24) is 10.3 Å². The van der Waals surface area contributed by atoms with Crippen molar-refractivity contribution >= 4 is 11.8 Å². The summed E-state index contributed by atoms with van der Waals surface area (Å²) in [4.78, 5) is 4.33. The van der Waals surface area contributed by atoms with Crippen molar-refractivity contribution < 1.29 is 0 Å². The fraction of sp³-hybridized carbons (Fsp3) is 0.615. The van der Waals surface area contributed by atoms with Crippen molar-refractivity contribution in [3.05, 3.63) is 30.1 Å². The maximum atomic E-state index is 4.33. The monoisotopic (exact) mass is 236 g/mol. The zero-order chi connectivity index (χ0) is 11.4. The van der Waals surface area contributed by atoms with Gasteiger partial charge in [-0.2, -0.15) is 11.8 Å². The van der Waals surface area contributed by atoms with E-state index in [1.807, 2.05) is 18.3 Å². The minimum Gasteiger partial charge on any atom is -0.308 e. The molecule has 0 saturated carbocycles. The summed E-state index contributed by atoms with van der Waals surface area (Å²) in [5.41, 5.74) is 1.61. The molecule has 0 aliphatic carbocycles. The SMILES string of the molecule is CC1(C)CSCC(NCc2ccccn2)C1. The van der Waals surface area contributed by atoms with Crippen molar-refractivity contribution in [2.75, 3.05) is 11.5 Å². The lowest BCUT2D eigenvalue weighted by Crippen LogP contribution is -2.40. The van der Waals surface area contributed by atoms with Crippen LogP contribution < -0.4 is 5.32 Å². The number of pyridine rings is 1. The number of nitrogens with zero attached hydrogens (tertiary/aromatic N) is 1. The van der Waals surface area contributed by atoms with Crippen LogP contribution in [0, 0.1) is 5.41 Å². The maximum absolute atomic E-state index is 4.33. The summed E-state index contributed by atoms with van der Waals surface area (Å²) in [6.07, 6.45) is 3.13. The van der Waals surface area contributed by atoms with E-state index in [0.29, 0.717) is 11.5 Å². The molecule has 1 aliphatic rings. The first-order chi connectivity index (χ1) is 7.66. The minimum atomic E-state index is 0.477. The van der Waals surface area contributed by atoms with Crippen molar-refractivity contribution in [1.29, 1.82) is 0 Å². The molecule has 1 N–H and O–H groups in total. The predicted molar refractivity (Wildman–Crippen MR) is 70.6 cm³/mol. The molecule has 1 saturated heterocycles. The van der Waals surface area contributed by atoms with Gasteiger partial charge in [0.05, 0.1) is 5.69 Å². The largest absolute Gasteiger partial charge is 0.308 e. The molecular formula is C13H20N2S. The minimum absolute atomic E-state index is 0.477. The smallest absolute Gasteiger partial charge is 0.0541 e. The van der Waals surface area contributed by atoms with E-state index in [1.165, 1.54) is 17.9 Å². The summed E-state index contributed by atoms with van der Waals surface area (Å²) < 4.78 is 0. The average Bonchev–Trinajstić information content (AvgIpc) is 2.27. The van der Waals surface area contributed by atoms with Gasteiger partial charge in [-0.1, -0.05) is 19.9 Å². The predicted octanol–water partition coefficient (Wildman–Crippen LogP) is 2.70. The summed E-state index contributed by atoms with van der Waals surface area (Å²) in [6, 6.07) is 6.72. The Morgan fingerprint density at radius 1 is 1.50 bits per heavy atom. The molecule has 2 heterocycles.